The van der Waals surface area contributed by atoms with Gasteiger partial charge in [0.05, 0.1) is 24.9 Å². The van der Waals surface area contributed by atoms with Gasteiger partial charge in [-0.2, -0.15) is 10.4 Å². The molecule has 1 heterocycles. The number of aryl methyl sites for hydroxylation is 1. The maximum Gasteiger partial charge on any atom is 0.128 e. The highest BCUT2D eigenvalue weighted by Gasteiger charge is 2.08. The molecule has 0 saturated carbocycles. The van der Waals surface area contributed by atoms with E-state index in [-0.39, 0.29) is 0 Å². The first kappa shape index (κ1) is 11.2. The average molecular weight is 227 g/mol. The number of aromatic nitrogens is 2. The van der Waals surface area contributed by atoms with Gasteiger partial charge in [0.1, 0.15) is 5.75 Å². The van der Waals surface area contributed by atoms with Crippen LogP contribution in [0.2, 0.25) is 0 Å². The lowest BCUT2D eigenvalue weighted by molar-refractivity contribution is 0.416. The van der Waals surface area contributed by atoms with Crippen molar-refractivity contribution in [1.29, 1.82) is 5.26 Å². The molecule has 4 heteroatoms. The summed E-state index contributed by atoms with van der Waals surface area (Å²) in [5.41, 5.74) is 2.54. The molecule has 0 saturated heterocycles. The first-order valence-electron chi connectivity index (χ1n) is 5.39. The van der Waals surface area contributed by atoms with E-state index < -0.39 is 0 Å². The molecule has 0 aliphatic carbocycles. The molecule has 0 radical (unpaired) electrons. The lowest BCUT2D eigenvalue weighted by atomic mass is 10.1. The van der Waals surface area contributed by atoms with Crippen molar-refractivity contribution in [3.05, 3.63) is 36.2 Å². The van der Waals surface area contributed by atoms with Crippen LogP contribution in [0.25, 0.3) is 11.1 Å². The second-order valence-electron chi connectivity index (χ2n) is 3.61. The van der Waals surface area contributed by atoms with Crippen LogP contribution in [0.1, 0.15) is 12.5 Å². The van der Waals surface area contributed by atoms with Gasteiger partial charge in [-0.3, -0.25) is 4.68 Å². The molecular formula is C13H13N3O. The third-order valence-corrected chi connectivity index (χ3v) is 2.60. The lowest BCUT2D eigenvalue weighted by Crippen LogP contribution is -1.92. The molecule has 0 N–H and O–H groups in total. The minimum atomic E-state index is 0.591. The van der Waals surface area contributed by atoms with Crippen LogP contribution in [0.15, 0.2) is 30.6 Å². The maximum absolute atomic E-state index is 8.84. The maximum atomic E-state index is 8.84. The number of methoxy groups -OCH3 is 1. The molecule has 17 heavy (non-hydrogen) atoms. The van der Waals surface area contributed by atoms with E-state index in [4.69, 9.17) is 10.00 Å². The summed E-state index contributed by atoms with van der Waals surface area (Å²) in [6.07, 6.45) is 3.76. The third kappa shape index (κ3) is 2.13. The van der Waals surface area contributed by atoms with Gasteiger partial charge in [0.25, 0.3) is 0 Å². The molecule has 4 nitrogen and oxygen atoms in total. The monoisotopic (exact) mass is 227 g/mol. The van der Waals surface area contributed by atoms with E-state index in [1.54, 1.807) is 25.4 Å². The predicted octanol–water partition coefficient (Wildman–Crippen LogP) is 2.45. The van der Waals surface area contributed by atoms with E-state index in [0.717, 1.165) is 17.7 Å². The van der Waals surface area contributed by atoms with E-state index in [2.05, 4.69) is 11.2 Å². The van der Waals surface area contributed by atoms with Crippen molar-refractivity contribution in [1.82, 2.24) is 9.78 Å². The van der Waals surface area contributed by atoms with Gasteiger partial charge in [0, 0.05) is 23.9 Å². The number of nitrogens with zero attached hydrogens (tertiary/aromatic N) is 3. The summed E-state index contributed by atoms with van der Waals surface area (Å²) in [6.45, 7) is 2.87. The molecule has 0 bridgehead atoms. The lowest BCUT2D eigenvalue weighted by Gasteiger charge is -2.06. The highest BCUT2D eigenvalue weighted by molar-refractivity contribution is 5.70. The first-order valence-corrected chi connectivity index (χ1v) is 5.39. The van der Waals surface area contributed by atoms with E-state index in [0.29, 0.717) is 11.3 Å². The Morgan fingerprint density at radius 2 is 2.29 bits per heavy atom. The van der Waals surface area contributed by atoms with Gasteiger partial charge in [-0.15, -0.1) is 0 Å². The summed E-state index contributed by atoms with van der Waals surface area (Å²) in [5, 5.41) is 13.1. The van der Waals surface area contributed by atoms with E-state index >= 15 is 0 Å². The topological polar surface area (TPSA) is 50.8 Å². The highest BCUT2D eigenvalue weighted by atomic mass is 16.5. The van der Waals surface area contributed by atoms with Crippen LogP contribution >= 0.6 is 0 Å². The van der Waals surface area contributed by atoms with Gasteiger partial charge in [0.2, 0.25) is 0 Å². The van der Waals surface area contributed by atoms with Crippen molar-refractivity contribution in [3.8, 4) is 22.9 Å². The average Bonchev–Trinajstić information content (AvgIpc) is 2.86. The number of hydrogen-bond acceptors (Lipinski definition) is 3. The standard InChI is InChI=1S/C13H13N3O/c1-3-16-9-11(8-15-16)12-5-4-10(7-14)6-13(12)17-2/h4-6,8-9H,3H2,1-2H3. The summed E-state index contributed by atoms with van der Waals surface area (Å²) in [6, 6.07) is 7.49. The molecule has 2 rings (SSSR count). The molecule has 0 spiro atoms. The van der Waals surface area contributed by atoms with Crippen molar-refractivity contribution >= 4 is 0 Å². The summed E-state index contributed by atoms with van der Waals surface area (Å²) in [4.78, 5) is 0. The van der Waals surface area contributed by atoms with E-state index in [1.165, 1.54) is 0 Å². The Balaban J connectivity index is 2.48. The molecule has 0 unspecified atom stereocenters. The zero-order chi connectivity index (χ0) is 12.3. The molecule has 1 aromatic heterocycles. The van der Waals surface area contributed by atoms with Crippen molar-refractivity contribution < 1.29 is 4.74 Å². The SMILES string of the molecule is CCn1cc(-c2ccc(C#N)cc2OC)cn1. The Morgan fingerprint density at radius 1 is 1.47 bits per heavy atom. The summed E-state index contributed by atoms with van der Waals surface area (Å²) in [5.74, 6) is 0.694. The summed E-state index contributed by atoms with van der Waals surface area (Å²) >= 11 is 0. The van der Waals surface area contributed by atoms with E-state index in [9.17, 15) is 0 Å². The van der Waals surface area contributed by atoms with Crippen molar-refractivity contribution in [2.24, 2.45) is 0 Å². The smallest absolute Gasteiger partial charge is 0.128 e. The Morgan fingerprint density at radius 3 is 2.88 bits per heavy atom. The second kappa shape index (κ2) is 4.71. The molecule has 0 aliphatic heterocycles. The van der Waals surface area contributed by atoms with Crippen LogP contribution in [0.5, 0.6) is 5.75 Å². The summed E-state index contributed by atoms with van der Waals surface area (Å²) in [7, 11) is 1.60. The molecule has 1 aromatic carbocycles. The van der Waals surface area contributed by atoms with Crippen LogP contribution in [0.4, 0.5) is 0 Å². The Bertz CT molecular complexity index is 566. The van der Waals surface area contributed by atoms with E-state index in [1.807, 2.05) is 23.9 Å². The number of nitriles is 1. The van der Waals surface area contributed by atoms with Crippen LogP contribution in [-0.2, 0) is 6.54 Å². The number of ether oxygens (including phenoxy) is 1. The largest absolute Gasteiger partial charge is 0.496 e. The molecule has 2 aromatic rings. The molecule has 0 aliphatic rings. The van der Waals surface area contributed by atoms with Crippen LogP contribution in [0.3, 0.4) is 0 Å². The van der Waals surface area contributed by atoms with Gasteiger partial charge >= 0.3 is 0 Å². The first-order chi connectivity index (χ1) is 8.28. The quantitative estimate of drug-likeness (QED) is 0.809. The number of benzene rings is 1. The predicted molar refractivity (Wildman–Crippen MR) is 64.6 cm³/mol. The zero-order valence-electron chi connectivity index (χ0n) is 9.84. The Hall–Kier alpha value is -2.28. The number of hydrogen-bond donors (Lipinski definition) is 0. The fraction of sp³-hybridized carbons (Fsp3) is 0.231. The van der Waals surface area contributed by atoms with Gasteiger partial charge in [-0.05, 0) is 25.1 Å². The highest BCUT2D eigenvalue weighted by Crippen LogP contribution is 2.30. The summed E-state index contributed by atoms with van der Waals surface area (Å²) < 4.78 is 7.15. The third-order valence-electron chi connectivity index (χ3n) is 2.60. The normalized spacial score (nSPS) is 9.94. The zero-order valence-corrected chi connectivity index (χ0v) is 9.84. The Labute approximate surface area is 100 Å². The van der Waals surface area contributed by atoms with Crippen molar-refractivity contribution in [3.63, 3.8) is 0 Å². The Kier molecular flexibility index (Phi) is 3.10. The second-order valence-corrected chi connectivity index (χ2v) is 3.61. The molecule has 0 atom stereocenters. The van der Waals surface area contributed by atoms with Gasteiger partial charge in [0.15, 0.2) is 0 Å². The molecular weight excluding hydrogens is 214 g/mol. The fourth-order valence-corrected chi connectivity index (χ4v) is 1.67. The van der Waals surface area contributed by atoms with Gasteiger partial charge < -0.3 is 4.74 Å². The fourth-order valence-electron chi connectivity index (χ4n) is 1.67. The van der Waals surface area contributed by atoms with Crippen LogP contribution < -0.4 is 4.74 Å². The van der Waals surface area contributed by atoms with Crippen molar-refractivity contribution in [2.45, 2.75) is 13.5 Å². The molecule has 86 valence electrons. The van der Waals surface area contributed by atoms with Gasteiger partial charge in [-0.25, -0.2) is 0 Å². The van der Waals surface area contributed by atoms with Crippen molar-refractivity contribution in [2.75, 3.05) is 7.11 Å². The van der Waals surface area contributed by atoms with Crippen LogP contribution in [0, 0.1) is 11.3 Å². The number of rotatable bonds is 3. The van der Waals surface area contributed by atoms with Gasteiger partial charge in [-0.1, -0.05) is 0 Å². The minimum absolute atomic E-state index is 0.591. The molecule has 0 fully saturated rings. The van der Waals surface area contributed by atoms with Crippen LogP contribution in [-0.4, -0.2) is 16.9 Å². The molecule has 0 amide bonds. The minimum Gasteiger partial charge on any atom is -0.496 e.